The normalized spacial score (nSPS) is 11.2. The standard InChI is InChI=1S/C19H17F2N3/c1-13-3-4-14(2)24(13)17-8-5-15(6-9-17)12-22-23-19-10-7-16(20)11-18(19)21/h3-12,23H,1-2H3/b22-12-. The van der Waals surface area contributed by atoms with Gasteiger partial charge in [0.1, 0.15) is 5.82 Å². The lowest BCUT2D eigenvalue weighted by atomic mass is 10.2. The van der Waals surface area contributed by atoms with E-state index in [4.69, 9.17) is 0 Å². The molecular formula is C19H17F2N3. The maximum Gasteiger partial charge on any atom is 0.151 e. The molecule has 0 aliphatic carbocycles. The highest BCUT2D eigenvalue weighted by Gasteiger charge is 2.04. The summed E-state index contributed by atoms with van der Waals surface area (Å²) in [5, 5.41) is 3.99. The Labute approximate surface area is 139 Å². The van der Waals surface area contributed by atoms with E-state index < -0.39 is 11.6 Å². The topological polar surface area (TPSA) is 29.3 Å². The van der Waals surface area contributed by atoms with E-state index in [-0.39, 0.29) is 5.69 Å². The van der Waals surface area contributed by atoms with Gasteiger partial charge in [0.05, 0.1) is 11.9 Å². The van der Waals surface area contributed by atoms with E-state index in [2.05, 4.69) is 41.1 Å². The molecule has 0 amide bonds. The minimum absolute atomic E-state index is 0.128. The van der Waals surface area contributed by atoms with Crippen molar-refractivity contribution in [2.75, 3.05) is 5.43 Å². The average Bonchev–Trinajstić information content (AvgIpc) is 2.89. The first-order chi connectivity index (χ1) is 11.5. The number of aromatic nitrogens is 1. The van der Waals surface area contributed by atoms with Crippen LogP contribution in [-0.2, 0) is 0 Å². The van der Waals surface area contributed by atoms with E-state index in [9.17, 15) is 8.78 Å². The van der Waals surface area contributed by atoms with Crippen LogP contribution >= 0.6 is 0 Å². The third kappa shape index (κ3) is 3.35. The highest BCUT2D eigenvalue weighted by atomic mass is 19.1. The highest BCUT2D eigenvalue weighted by Crippen LogP contribution is 2.17. The predicted octanol–water partition coefficient (Wildman–Crippen LogP) is 4.82. The molecule has 0 aliphatic heterocycles. The Morgan fingerprint density at radius 1 is 0.917 bits per heavy atom. The molecule has 0 unspecified atom stereocenters. The van der Waals surface area contributed by atoms with Crippen LogP contribution in [-0.4, -0.2) is 10.8 Å². The van der Waals surface area contributed by atoms with Gasteiger partial charge in [-0.05, 0) is 55.8 Å². The van der Waals surface area contributed by atoms with Crippen molar-refractivity contribution in [3.63, 3.8) is 0 Å². The van der Waals surface area contributed by atoms with Crippen LogP contribution in [0, 0.1) is 25.5 Å². The predicted molar refractivity (Wildman–Crippen MR) is 92.8 cm³/mol. The zero-order valence-electron chi connectivity index (χ0n) is 13.4. The van der Waals surface area contributed by atoms with Crippen molar-refractivity contribution in [3.05, 3.63) is 83.2 Å². The number of hydrogen-bond acceptors (Lipinski definition) is 2. The molecule has 0 spiro atoms. The Kier molecular flexibility index (Phi) is 4.42. The van der Waals surface area contributed by atoms with Crippen molar-refractivity contribution < 1.29 is 8.78 Å². The zero-order valence-corrected chi connectivity index (χ0v) is 13.4. The number of rotatable bonds is 4. The van der Waals surface area contributed by atoms with Crippen LogP contribution in [0.3, 0.4) is 0 Å². The first-order valence-electron chi connectivity index (χ1n) is 7.54. The largest absolute Gasteiger partial charge is 0.319 e. The molecule has 5 heteroatoms. The van der Waals surface area contributed by atoms with Crippen LogP contribution in [0.2, 0.25) is 0 Å². The van der Waals surface area contributed by atoms with Crippen molar-refractivity contribution in [3.8, 4) is 5.69 Å². The van der Waals surface area contributed by atoms with Gasteiger partial charge in [-0.1, -0.05) is 12.1 Å². The summed E-state index contributed by atoms with van der Waals surface area (Å²) in [6.45, 7) is 4.12. The van der Waals surface area contributed by atoms with E-state index in [1.807, 2.05) is 24.3 Å². The monoisotopic (exact) mass is 325 g/mol. The smallest absolute Gasteiger partial charge is 0.151 e. The molecular weight excluding hydrogens is 308 g/mol. The van der Waals surface area contributed by atoms with E-state index in [0.717, 1.165) is 17.3 Å². The van der Waals surface area contributed by atoms with E-state index in [1.165, 1.54) is 23.5 Å². The van der Waals surface area contributed by atoms with Crippen LogP contribution in [0.25, 0.3) is 5.69 Å². The maximum atomic E-state index is 13.5. The second-order valence-corrected chi connectivity index (χ2v) is 5.54. The van der Waals surface area contributed by atoms with Gasteiger partial charge >= 0.3 is 0 Å². The summed E-state index contributed by atoms with van der Waals surface area (Å²) in [6.07, 6.45) is 1.59. The Morgan fingerprint density at radius 3 is 2.21 bits per heavy atom. The summed E-state index contributed by atoms with van der Waals surface area (Å²) in [4.78, 5) is 0. The molecule has 3 aromatic rings. The number of anilines is 1. The van der Waals surface area contributed by atoms with Crippen molar-refractivity contribution in [1.29, 1.82) is 0 Å². The van der Waals surface area contributed by atoms with Crippen molar-refractivity contribution in [2.45, 2.75) is 13.8 Å². The number of halogens is 2. The zero-order chi connectivity index (χ0) is 17.1. The molecule has 1 N–H and O–H groups in total. The second-order valence-electron chi connectivity index (χ2n) is 5.54. The lowest BCUT2D eigenvalue weighted by Crippen LogP contribution is -1.99. The van der Waals surface area contributed by atoms with Crippen molar-refractivity contribution >= 4 is 11.9 Å². The van der Waals surface area contributed by atoms with Crippen molar-refractivity contribution in [1.82, 2.24) is 4.57 Å². The Bertz CT molecular complexity index is 861. The van der Waals surface area contributed by atoms with Gasteiger partial charge in [0.15, 0.2) is 5.82 Å². The number of hydrazone groups is 1. The molecule has 0 saturated heterocycles. The molecule has 1 heterocycles. The molecule has 24 heavy (non-hydrogen) atoms. The minimum Gasteiger partial charge on any atom is -0.319 e. The van der Waals surface area contributed by atoms with Gasteiger partial charge in [0, 0.05) is 23.1 Å². The van der Waals surface area contributed by atoms with Crippen molar-refractivity contribution in [2.24, 2.45) is 5.10 Å². The minimum atomic E-state index is -0.680. The first-order valence-corrected chi connectivity index (χ1v) is 7.54. The number of aryl methyl sites for hydroxylation is 2. The number of nitrogens with zero attached hydrogens (tertiary/aromatic N) is 2. The number of nitrogens with one attached hydrogen (secondary N) is 1. The first kappa shape index (κ1) is 15.9. The molecule has 0 atom stereocenters. The van der Waals surface area contributed by atoms with E-state index in [0.29, 0.717) is 0 Å². The molecule has 2 aromatic carbocycles. The Balaban J connectivity index is 1.72. The third-order valence-corrected chi connectivity index (χ3v) is 3.75. The van der Waals surface area contributed by atoms with Crippen LogP contribution in [0.5, 0.6) is 0 Å². The average molecular weight is 325 g/mol. The highest BCUT2D eigenvalue weighted by molar-refractivity contribution is 5.80. The van der Waals surface area contributed by atoms with Crippen LogP contribution < -0.4 is 5.43 Å². The van der Waals surface area contributed by atoms with Gasteiger partial charge in [0.2, 0.25) is 0 Å². The number of benzene rings is 2. The van der Waals surface area contributed by atoms with Gasteiger partial charge in [-0.25, -0.2) is 8.78 Å². The molecule has 122 valence electrons. The van der Waals surface area contributed by atoms with E-state index in [1.54, 1.807) is 6.21 Å². The molecule has 0 saturated carbocycles. The van der Waals surface area contributed by atoms with Crippen LogP contribution in [0.4, 0.5) is 14.5 Å². The maximum absolute atomic E-state index is 13.5. The fourth-order valence-corrected chi connectivity index (χ4v) is 2.54. The van der Waals surface area contributed by atoms with Gasteiger partial charge in [-0.3, -0.25) is 5.43 Å². The Hall–Kier alpha value is -2.95. The molecule has 1 aromatic heterocycles. The van der Waals surface area contributed by atoms with Crippen LogP contribution in [0.15, 0.2) is 59.7 Å². The van der Waals surface area contributed by atoms with Crippen LogP contribution in [0.1, 0.15) is 17.0 Å². The second kappa shape index (κ2) is 6.66. The lowest BCUT2D eigenvalue weighted by Gasteiger charge is -2.09. The van der Waals surface area contributed by atoms with Gasteiger partial charge in [-0.2, -0.15) is 5.10 Å². The molecule has 3 nitrogen and oxygen atoms in total. The molecule has 3 rings (SSSR count). The SMILES string of the molecule is Cc1ccc(C)n1-c1ccc(/C=N\Nc2ccc(F)cc2F)cc1. The summed E-state index contributed by atoms with van der Waals surface area (Å²) in [6, 6.07) is 15.3. The summed E-state index contributed by atoms with van der Waals surface area (Å²) in [5.41, 5.74) is 6.98. The fraction of sp³-hybridized carbons (Fsp3) is 0.105. The van der Waals surface area contributed by atoms with Gasteiger partial charge in [0.25, 0.3) is 0 Å². The lowest BCUT2D eigenvalue weighted by molar-refractivity contribution is 0.585. The van der Waals surface area contributed by atoms with Gasteiger partial charge in [-0.15, -0.1) is 0 Å². The third-order valence-electron chi connectivity index (χ3n) is 3.75. The summed E-state index contributed by atoms with van der Waals surface area (Å²) >= 11 is 0. The van der Waals surface area contributed by atoms with E-state index >= 15 is 0 Å². The summed E-state index contributed by atoms with van der Waals surface area (Å²) in [5.74, 6) is -1.30. The molecule has 0 radical (unpaired) electrons. The molecule has 0 fully saturated rings. The fourth-order valence-electron chi connectivity index (χ4n) is 2.54. The number of hydrogen-bond donors (Lipinski definition) is 1. The van der Waals surface area contributed by atoms with Gasteiger partial charge < -0.3 is 4.57 Å². The summed E-state index contributed by atoms with van der Waals surface area (Å²) in [7, 11) is 0. The molecule has 0 aliphatic rings. The quantitative estimate of drug-likeness (QED) is 0.541. The Morgan fingerprint density at radius 2 is 1.58 bits per heavy atom. The molecule has 0 bridgehead atoms. The summed E-state index contributed by atoms with van der Waals surface area (Å²) < 4.78 is 28.5.